The quantitative estimate of drug-likeness (QED) is 0.440. The fraction of sp³-hybridized carbons (Fsp3) is 0.250. The zero-order valence-electron chi connectivity index (χ0n) is 12.7. The molecule has 1 unspecified atom stereocenters. The van der Waals surface area contributed by atoms with Crippen molar-refractivity contribution < 1.29 is 9.59 Å². The van der Waals surface area contributed by atoms with Crippen LogP contribution in [0.25, 0.3) is 4.85 Å². The Bertz CT molecular complexity index is 739. The number of carbonyl (C=O) groups excluding carboxylic acids is 2. The zero-order chi connectivity index (χ0) is 16.1. The van der Waals surface area contributed by atoms with Gasteiger partial charge >= 0.3 is 0 Å². The molecule has 0 saturated carbocycles. The highest BCUT2D eigenvalue weighted by Crippen LogP contribution is 2.27. The third-order valence-corrected chi connectivity index (χ3v) is 3.73. The smallest absolute Gasteiger partial charge is 0.187 e. The average molecular weight is 307 g/mol. The molecule has 0 aliphatic heterocycles. The van der Waals surface area contributed by atoms with Crippen molar-refractivity contribution in [3.05, 3.63) is 76.1 Å². The van der Waals surface area contributed by atoms with Gasteiger partial charge in [0.2, 0.25) is 0 Å². The summed E-state index contributed by atoms with van der Waals surface area (Å²) in [6, 6.07) is 12.7. The minimum Gasteiger partial charge on any atom is -0.303 e. The molecule has 3 heteroatoms. The average Bonchev–Trinajstić information content (AvgIpc) is 2.53. The van der Waals surface area contributed by atoms with Crippen molar-refractivity contribution in [1.82, 2.24) is 0 Å². The Labute approximate surface area is 137 Å². The first-order valence-corrected chi connectivity index (χ1v) is 7.09. The van der Waals surface area contributed by atoms with Crippen LogP contribution in [0.4, 0.5) is 5.69 Å². The summed E-state index contributed by atoms with van der Waals surface area (Å²) in [5, 5.41) is 0. The number of Topliss-reactive ketones (excluding diaryl/α,β-unsaturated/α-hetero) is 1. The number of hydrogen-bond acceptors (Lipinski definition) is 2. The summed E-state index contributed by atoms with van der Waals surface area (Å²) < 4.78 is 0. The van der Waals surface area contributed by atoms with Crippen molar-refractivity contribution in [2.75, 3.05) is 0 Å². The predicted molar refractivity (Wildman–Crippen MR) is 93.1 cm³/mol. The molecule has 0 aromatic heterocycles. The van der Waals surface area contributed by atoms with Crippen LogP contribution in [-0.2, 0) is 4.79 Å². The second kappa shape index (κ2) is 8.05. The fourth-order valence-corrected chi connectivity index (χ4v) is 2.47. The minimum atomic E-state index is -0.476. The highest BCUT2D eigenvalue weighted by Gasteiger charge is 2.23. The van der Waals surface area contributed by atoms with Crippen LogP contribution in [0.5, 0.6) is 0 Å². The number of aldehydes is 1. The van der Waals surface area contributed by atoms with Crippen LogP contribution in [0, 0.1) is 20.4 Å². The largest absolute Gasteiger partial charge is 0.303 e. The number of carbonyl (C=O) groups is 2. The van der Waals surface area contributed by atoms with E-state index >= 15 is 0 Å². The van der Waals surface area contributed by atoms with E-state index in [4.69, 9.17) is 6.57 Å². The number of hydrogen-bond donors (Lipinski definition) is 0. The van der Waals surface area contributed by atoms with Crippen LogP contribution < -0.4 is 0 Å². The highest BCUT2D eigenvalue weighted by molar-refractivity contribution is 6.03. The van der Waals surface area contributed by atoms with Crippen LogP contribution in [0.3, 0.4) is 0 Å². The van der Waals surface area contributed by atoms with Crippen LogP contribution >= 0.6 is 0 Å². The van der Waals surface area contributed by atoms with E-state index in [1.54, 1.807) is 18.2 Å². The van der Waals surface area contributed by atoms with Gasteiger partial charge in [-0.15, -0.1) is 0 Å². The summed E-state index contributed by atoms with van der Waals surface area (Å²) >= 11 is 0. The lowest BCUT2D eigenvalue weighted by atomic mass is 9.86. The Kier molecular flexibility index (Phi) is 6.41. The van der Waals surface area contributed by atoms with Gasteiger partial charge in [0.05, 0.1) is 12.5 Å². The molecule has 0 heterocycles. The molecule has 0 spiro atoms. The summed E-state index contributed by atoms with van der Waals surface area (Å²) in [5.74, 6) is -0.555. The van der Waals surface area contributed by atoms with Gasteiger partial charge in [0.25, 0.3) is 0 Å². The summed E-state index contributed by atoms with van der Waals surface area (Å²) in [5.41, 5.74) is 3.80. The normalized spacial score (nSPS) is 11.0. The van der Waals surface area contributed by atoms with Crippen molar-refractivity contribution in [3.8, 4) is 0 Å². The SMILES string of the molecule is C.[C-]#[N+]c1ccc(C(=O)C(CC=O)c2ccc(C)cc2)c(C)c1. The van der Waals surface area contributed by atoms with E-state index in [1.165, 1.54) is 0 Å². The Morgan fingerprint density at radius 2 is 1.83 bits per heavy atom. The first-order chi connectivity index (χ1) is 10.6. The second-order valence-corrected chi connectivity index (χ2v) is 5.34. The van der Waals surface area contributed by atoms with Gasteiger partial charge in [-0.1, -0.05) is 61.0 Å². The van der Waals surface area contributed by atoms with Crippen LogP contribution in [0.15, 0.2) is 42.5 Å². The molecule has 0 saturated heterocycles. The maximum absolute atomic E-state index is 12.8. The Balaban J connectivity index is 0.00000264. The molecule has 0 N–H and O–H groups in total. The summed E-state index contributed by atoms with van der Waals surface area (Å²) in [6.07, 6.45) is 0.942. The number of nitrogens with zero attached hydrogens (tertiary/aromatic N) is 1. The molecule has 1 atom stereocenters. The fourth-order valence-electron chi connectivity index (χ4n) is 2.47. The van der Waals surface area contributed by atoms with Gasteiger partial charge in [0, 0.05) is 12.0 Å². The Morgan fingerprint density at radius 3 is 2.35 bits per heavy atom. The van der Waals surface area contributed by atoms with E-state index in [2.05, 4.69) is 4.85 Å². The second-order valence-electron chi connectivity index (χ2n) is 5.34. The predicted octanol–water partition coefficient (Wildman–Crippen LogP) is 5.05. The summed E-state index contributed by atoms with van der Waals surface area (Å²) in [7, 11) is 0. The lowest BCUT2D eigenvalue weighted by Crippen LogP contribution is -2.15. The van der Waals surface area contributed by atoms with E-state index in [9.17, 15) is 9.59 Å². The van der Waals surface area contributed by atoms with Gasteiger partial charge in [-0.2, -0.15) is 0 Å². The van der Waals surface area contributed by atoms with E-state index in [0.29, 0.717) is 11.3 Å². The topological polar surface area (TPSA) is 38.5 Å². The number of rotatable bonds is 5. The molecule has 3 nitrogen and oxygen atoms in total. The molecule has 0 amide bonds. The van der Waals surface area contributed by atoms with Gasteiger partial charge in [-0.05, 0) is 19.4 Å². The molecular weight excluding hydrogens is 286 g/mol. The molecule has 2 aromatic rings. The molecule has 0 bridgehead atoms. The van der Waals surface area contributed by atoms with Gasteiger partial charge in [0.1, 0.15) is 6.29 Å². The highest BCUT2D eigenvalue weighted by atomic mass is 16.1. The zero-order valence-corrected chi connectivity index (χ0v) is 12.7. The third kappa shape index (κ3) is 4.14. The molecule has 0 aliphatic carbocycles. The molecule has 0 aliphatic rings. The molecule has 118 valence electrons. The lowest BCUT2D eigenvalue weighted by Gasteiger charge is -2.15. The molecule has 0 fully saturated rings. The van der Waals surface area contributed by atoms with Gasteiger partial charge in [-0.25, -0.2) is 4.85 Å². The molecular formula is C20H21NO2. The van der Waals surface area contributed by atoms with Gasteiger partial charge < -0.3 is 4.79 Å². The van der Waals surface area contributed by atoms with Crippen molar-refractivity contribution in [2.45, 2.75) is 33.6 Å². The van der Waals surface area contributed by atoms with Crippen molar-refractivity contribution in [1.29, 1.82) is 0 Å². The van der Waals surface area contributed by atoms with E-state index in [-0.39, 0.29) is 19.6 Å². The monoisotopic (exact) mass is 307 g/mol. The molecule has 0 radical (unpaired) electrons. The maximum Gasteiger partial charge on any atom is 0.187 e. The number of ketones is 1. The first-order valence-electron chi connectivity index (χ1n) is 7.09. The van der Waals surface area contributed by atoms with Crippen LogP contribution in [-0.4, -0.2) is 12.1 Å². The number of benzene rings is 2. The Morgan fingerprint density at radius 1 is 1.17 bits per heavy atom. The van der Waals surface area contributed by atoms with E-state index in [1.807, 2.05) is 38.1 Å². The first kappa shape index (κ1) is 18.3. The van der Waals surface area contributed by atoms with Crippen molar-refractivity contribution >= 4 is 17.8 Å². The van der Waals surface area contributed by atoms with Crippen LogP contribution in [0.2, 0.25) is 0 Å². The standard InChI is InChI=1S/C19H17NO2.CH4/c1-13-4-6-15(7-5-13)18(10-11-21)19(22)17-9-8-16(20-3)12-14(17)2;/h4-9,11-12,18H,10H2,1-2H3;1H4. The third-order valence-electron chi connectivity index (χ3n) is 3.73. The van der Waals surface area contributed by atoms with Crippen molar-refractivity contribution in [2.24, 2.45) is 0 Å². The van der Waals surface area contributed by atoms with E-state index in [0.717, 1.165) is 23.0 Å². The van der Waals surface area contributed by atoms with E-state index < -0.39 is 5.92 Å². The molecule has 2 aromatic carbocycles. The van der Waals surface area contributed by atoms with Crippen LogP contribution in [0.1, 0.15) is 46.8 Å². The lowest BCUT2D eigenvalue weighted by molar-refractivity contribution is -0.108. The number of aryl methyl sites for hydroxylation is 2. The summed E-state index contributed by atoms with van der Waals surface area (Å²) in [6.45, 7) is 10.8. The molecule has 2 rings (SSSR count). The minimum absolute atomic E-state index is 0. The Hall–Kier alpha value is -2.73. The molecule has 23 heavy (non-hydrogen) atoms. The van der Waals surface area contributed by atoms with Crippen molar-refractivity contribution in [3.63, 3.8) is 0 Å². The van der Waals surface area contributed by atoms with Gasteiger partial charge in [0.15, 0.2) is 11.5 Å². The summed E-state index contributed by atoms with van der Waals surface area (Å²) in [4.78, 5) is 27.2. The maximum atomic E-state index is 12.8. The van der Waals surface area contributed by atoms with Gasteiger partial charge in [-0.3, -0.25) is 4.79 Å².